The molecule has 0 N–H and O–H groups in total. The first-order valence-electron chi connectivity index (χ1n) is 10.00. The third-order valence-corrected chi connectivity index (χ3v) is 5.98. The van der Waals surface area contributed by atoms with E-state index in [1.807, 2.05) is 59.3 Å². The van der Waals surface area contributed by atoms with E-state index in [1.165, 1.54) is 0 Å². The average Bonchev–Trinajstić information content (AvgIpc) is 3.45. The van der Waals surface area contributed by atoms with Crippen molar-refractivity contribution in [3.63, 3.8) is 0 Å². The minimum atomic E-state index is -0.739. The monoisotopic (exact) mass is 392 g/mol. The molecule has 5 heteroatoms. The molecule has 0 aliphatic carbocycles. The maximum Gasteiger partial charge on any atom is 0.187 e. The van der Waals surface area contributed by atoms with Crippen molar-refractivity contribution in [2.75, 3.05) is 7.11 Å². The van der Waals surface area contributed by atoms with E-state index >= 15 is 0 Å². The number of fused-ring (bicyclic) bond motifs is 5. The van der Waals surface area contributed by atoms with Crippen molar-refractivity contribution in [1.29, 1.82) is 0 Å². The van der Waals surface area contributed by atoms with Gasteiger partial charge in [-0.15, -0.1) is 0 Å². The van der Waals surface area contributed by atoms with E-state index in [4.69, 9.17) is 14.8 Å². The fraction of sp³-hybridized carbons (Fsp3) is 0.120. The standard InChI is InChI=1S/C25H20N4O/c1-25(30-2)23-21(24-26-19-15-9-10-16-20(19)28(24)25)22(17-11-5-3-6-12-17)27-29(23)18-13-7-4-8-14-18/h3-16H,1-2H3/t25-/m0/s1. The topological polar surface area (TPSA) is 44.9 Å². The molecule has 6 rings (SSSR count). The molecule has 3 heterocycles. The van der Waals surface area contributed by atoms with Gasteiger partial charge in [0.25, 0.3) is 0 Å². The van der Waals surface area contributed by atoms with Gasteiger partial charge in [0.2, 0.25) is 0 Å². The molecule has 0 saturated heterocycles. The molecule has 0 radical (unpaired) electrons. The van der Waals surface area contributed by atoms with Gasteiger partial charge in [-0.1, -0.05) is 60.7 Å². The number of benzene rings is 3. The van der Waals surface area contributed by atoms with Gasteiger partial charge in [0.05, 0.1) is 22.3 Å². The van der Waals surface area contributed by atoms with Crippen LogP contribution in [0.2, 0.25) is 0 Å². The highest BCUT2D eigenvalue weighted by Crippen LogP contribution is 2.50. The quantitative estimate of drug-likeness (QED) is 0.422. The molecule has 2 aromatic heterocycles. The van der Waals surface area contributed by atoms with E-state index in [1.54, 1.807) is 7.11 Å². The number of ether oxygens (including phenoxy) is 1. The Morgan fingerprint density at radius 2 is 1.50 bits per heavy atom. The van der Waals surface area contributed by atoms with E-state index in [-0.39, 0.29) is 0 Å². The first kappa shape index (κ1) is 17.2. The summed E-state index contributed by atoms with van der Waals surface area (Å²) < 4.78 is 10.4. The van der Waals surface area contributed by atoms with Crippen LogP contribution in [0.4, 0.5) is 0 Å². The minimum Gasteiger partial charge on any atom is -0.353 e. The van der Waals surface area contributed by atoms with Crippen LogP contribution in [0.15, 0.2) is 84.9 Å². The number of imidazole rings is 1. The van der Waals surface area contributed by atoms with Crippen molar-refractivity contribution >= 4 is 11.0 Å². The molecule has 0 bridgehead atoms. The highest BCUT2D eigenvalue weighted by molar-refractivity contribution is 5.90. The summed E-state index contributed by atoms with van der Waals surface area (Å²) in [6.45, 7) is 2.09. The van der Waals surface area contributed by atoms with Gasteiger partial charge in [0.1, 0.15) is 17.2 Å². The van der Waals surface area contributed by atoms with Gasteiger partial charge >= 0.3 is 0 Å². The Balaban J connectivity index is 1.76. The van der Waals surface area contributed by atoms with Crippen LogP contribution in [0.1, 0.15) is 12.6 Å². The molecule has 1 aliphatic heterocycles. The van der Waals surface area contributed by atoms with Crippen molar-refractivity contribution in [2.24, 2.45) is 0 Å². The van der Waals surface area contributed by atoms with Gasteiger partial charge in [0, 0.05) is 12.7 Å². The SMILES string of the molecule is CO[C@@]1(C)c2c(c(-c3ccccc3)nn2-c2ccccc2)-c2nc3ccccc3n21. The lowest BCUT2D eigenvalue weighted by molar-refractivity contribution is -0.0198. The zero-order valence-electron chi connectivity index (χ0n) is 16.8. The molecule has 146 valence electrons. The Morgan fingerprint density at radius 1 is 0.833 bits per heavy atom. The molecule has 30 heavy (non-hydrogen) atoms. The number of rotatable bonds is 3. The Bertz CT molecular complexity index is 1390. The predicted molar refractivity (Wildman–Crippen MR) is 117 cm³/mol. The summed E-state index contributed by atoms with van der Waals surface area (Å²) in [7, 11) is 1.75. The fourth-order valence-corrected chi connectivity index (χ4v) is 4.53. The highest BCUT2D eigenvalue weighted by Gasteiger charge is 2.47. The van der Waals surface area contributed by atoms with Crippen LogP contribution in [0.5, 0.6) is 0 Å². The lowest BCUT2D eigenvalue weighted by Crippen LogP contribution is -2.32. The van der Waals surface area contributed by atoms with E-state index in [2.05, 4.69) is 41.8 Å². The summed E-state index contributed by atoms with van der Waals surface area (Å²) in [5, 5.41) is 5.07. The van der Waals surface area contributed by atoms with Crippen molar-refractivity contribution in [2.45, 2.75) is 12.6 Å². The molecular weight excluding hydrogens is 372 g/mol. The first-order chi connectivity index (χ1) is 14.7. The fourth-order valence-electron chi connectivity index (χ4n) is 4.53. The molecule has 5 nitrogen and oxygen atoms in total. The van der Waals surface area contributed by atoms with Crippen LogP contribution in [0.25, 0.3) is 39.4 Å². The summed E-state index contributed by atoms with van der Waals surface area (Å²) in [4.78, 5) is 5.00. The van der Waals surface area contributed by atoms with Crippen molar-refractivity contribution < 1.29 is 4.74 Å². The number of hydrogen-bond acceptors (Lipinski definition) is 3. The molecule has 0 spiro atoms. The van der Waals surface area contributed by atoms with E-state index in [0.717, 1.165) is 45.1 Å². The summed E-state index contributed by atoms with van der Waals surface area (Å²) in [6, 6.07) is 28.7. The van der Waals surface area contributed by atoms with E-state index < -0.39 is 5.72 Å². The largest absolute Gasteiger partial charge is 0.353 e. The number of aromatic nitrogens is 4. The molecule has 1 aliphatic rings. The molecule has 0 amide bonds. The minimum absolute atomic E-state index is 0.739. The van der Waals surface area contributed by atoms with Crippen LogP contribution in [-0.4, -0.2) is 26.4 Å². The number of nitrogens with zero attached hydrogens (tertiary/aromatic N) is 4. The molecule has 3 aromatic carbocycles. The van der Waals surface area contributed by atoms with Gasteiger partial charge in [-0.05, 0) is 31.2 Å². The highest BCUT2D eigenvalue weighted by atomic mass is 16.5. The van der Waals surface area contributed by atoms with Crippen molar-refractivity contribution in [3.8, 4) is 28.3 Å². The van der Waals surface area contributed by atoms with Crippen molar-refractivity contribution in [3.05, 3.63) is 90.6 Å². The average molecular weight is 392 g/mol. The molecule has 0 unspecified atom stereocenters. The van der Waals surface area contributed by atoms with Gasteiger partial charge in [-0.3, -0.25) is 4.57 Å². The van der Waals surface area contributed by atoms with Crippen LogP contribution < -0.4 is 0 Å². The smallest absolute Gasteiger partial charge is 0.187 e. The number of methoxy groups -OCH3 is 1. The van der Waals surface area contributed by atoms with Crippen LogP contribution in [0.3, 0.4) is 0 Å². The van der Waals surface area contributed by atoms with Gasteiger partial charge in [0.15, 0.2) is 5.72 Å². The third-order valence-electron chi connectivity index (χ3n) is 5.98. The van der Waals surface area contributed by atoms with Gasteiger partial charge in [-0.25, -0.2) is 9.67 Å². The lowest BCUT2D eigenvalue weighted by atomic mass is 10.0. The van der Waals surface area contributed by atoms with Crippen LogP contribution in [-0.2, 0) is 10.5 Å². The Morgan fingerprint density at radius 3 is 2.23 bits per heavy atom. The number of hydrogen-bond donors (Lipinski definition) is 0. The second kappa shape index (κ2) is 6.15. The zero-order chi connectivity index (χ0) is 20.3. The molecule has 5 aromatic rings. The third kappa shape index (κ3) is 2.15. The second-order valence-corrected chi connectivity index (χ2v) is 7.63. The zero-order valence-corrected chi connectivity index (χ0v) is 16.8. The van der Waals surface area contributed by atoms with E-state index in [9.17, 15) is 0 Å². The van der Waals surface area contributed by atoms with Crippen LogP contribution >= 0.6 is 0 Å². The normalized spacial score (nSPS) is 17.3. The first-order valence-corrected chi connectivity index (χ1v) is 10.00. The number of para-hydroxylation sites is 3. The van der Waals surface area contributed by atoms with Crippen LogP contribution in [0, 0.1) is 0 Å². The summed E-state index contributed by atoms with van der Waals surface area (Å²) in [5.41, 5.74) is 6.23. The molecule has 0 saturated carbocycles. The Labute approximate surface area is 174 Å². The van der Waals surface area contributed by atoms with E-state index in [0.29, 0.717) is 0 Å². The molecular formula is C25H20N4O. The lowest BCUT2D eigenvalue weighted by Gasteiger charge is -2.28. The molecule has 0 fully saturated rings. The maximum atomic E-state index is 6.19. The maximum absolute atomic E-state index is 6.19. The predicted octanol–water partition coefficient (Wildman–Crippen LogP) is 5.24. The molecule has 1 atom stereocenters. The summed E-state index contributed by atoms with van der Waals surface area (Å²) in [6.07, 6.45) is 0. The van der Waals surface area contributed by atoms with Gasteiger partial charge < -0.3 is 4.74 Å². The summed E-state index contributed by atoms with van der Waals surface area (Å²) >= 11 is 0. The van der Waals surface area contributed by atoms with Gasteiger partial charge in [-0.2, -0.15) is 5.10 Å². The Hall–Kier alpha value is -3.70. The summed E-state index contributed by atoms with van der Waals surface area (Å²) in [5.74, 6) is 0.886. The second-order valence-electron chi connectivity index (χ2n) is 7.63. The Kier molecular flexibility index (Phi) is 3.52. The van der Waals surface area contributed by atoms with Crippen molar-refractivity contribution in [1.82, 2.24) is 19.3 Å².